The molecule has 0 bridgehead atoms. The standard InChI is InChI=1S/C15H17N5O/c1-8(13-9(2)20-21-10(13)3)17-15-14(16)18-11-6-4-5-7-12(11)19-15/h4-8H,1-3H3,(H2,16,18)(H,17,19). The Kier molecular flexibility index (Phi) is 3.21. The highest BCUT2D eigenvalue weighted by molar-refractivity contribution is 5.79. The molecule has 0 saturated heterocycles. The van der Waals surface area contributed by atoms with Crippen molar-refractivity contribution >= 4 is 22.7 Å². The van der Waals surface area contributed by atoms with Gasteiger partial charge in [-0.3, -0.25) is 0 Å². The van der Waals surface area contributed by atoms with Gasteiger partial charge >= 0.3 is 0 Å². The Morgan fingerprint density at radius 2 is 1.81 bits per heavy atom. The van der Waals surface area contributed by atoms with Crippen LogP contribution in [0.1, 0.15) is 30.0 Å². The van der Waals surface area contributed by atoms with Gasteiger partial charge in [0.2, 0.25) is 0 Å². The molecule has 0 amide bonds. The largest absolute Gasteiger partial charge is 0.381 e. The highest BCUT2D eigenvalue weighted by Gasteiger charge is 2.18. The Morgan fingerprint density at radius 1 is 1.14 bits per heavy atom. The number of benzene rings is 1. The molecule has 0 fully saturated rings. The summed E-state index contributed by atoms with van der Waals surface area (Å²) in [6, 6.07) is 7.62. The van der Waals surface area contributed by atoms with Crippen LogP contribution in [0.15, 0.2) is 28.8 Å². The number of para-hydroxylation sites is 2. The normalized spacial score (nSPS) is 12.5. The van der Waals surface area contributed by atoms with Crippen LogP contribution in [-0.2, 0) is 0 Å². The fourth-order valence-corrected chi connectivity index (χ4v) is 2.51. The van der Waals surface area contributed by atoms with E-state index in [1.54, 1.807) is 0 Å². The fraction of sp³-hybridized carbons (Fsp3) is 0.267. The number of nitrogens with two attached hydrogens (primary N) is 1. The highest BCUT2D eigenvalue weighted by atomic mass is 16.5. The Labute approximate surface area is 122 Å². The van der Waals surface area contributed by atoms with E-state index in [1.165, 1.54) is 0 Å². The van der Waals surface area contributed by atoms with Gasteiger partial charge in [-0.05, 0) is 32.9 Å². The van der Waals surface area contributed by atoms with Crippen LogP contribution >= 0.6 is 0 Å². The van der Waals surface area contributed by atoms with E-state index < -0.39 is 0 Å². The van der Waals surface area contributed by atoms with Crippen LogP contribution in [0.4, 0.5) is 11.6 Å². The minimum Gasteiger partial charge on any atom is -0.381 e. The molecule has 0 aliphatic heterocycles. The number of aromatic nitrogens is 3. The lowest BCUT2D eigenvalue weighted by molar-refractivity contribution is 0.392. The van der Waals surface area contributed by atoms with Crippen molar-refractivity contribution in [1.82, 2.24) is 15.1 Å². The van der Waals surface area contributed by atoms with Crippen molar-refractivity contribution in [3.05, 3.63) is 41.3 Å². The van der Waals surface area contributed by atoms with Crippen LogP contribution < -0.4 is 11.1 Å². The zero-order valence-electron chi connectivity index (χ0n) is 12.2. The molecule has 2 heterocycles. The van der Waals surface area contributed by atoms with Gasteiger partial charge in [-0.2, -0.15) is 0 Å². The Balaban J connectivity index is 1.96. The minimum absolute atomic E-state index is 0.0194. The van der Waals surface area contributed by atoms with E-state index in [4.69, 9.17) is 10.3 Å². The second kappa shape index (κ2) is 5.05. The number of nitrogens with one attached hydrogen (secondary N) is 1. The van der Waals surface area contributed by atoms with E-state index >= 15 is 0 Å². The predicted octanol–water partition coefficient (Wildman–Crippen LogP) is 2.99. The zero-order valence-corrected chi connectivity index (χ0v) is 12.2. The van der Waals surface area contributed by atoms with Gasteiger partial charge < -0.3 is 15.6 Å². The second-order valence-electron chi connectivity index (χ2n) is 5.05. The van der Waals surface area contributed by atoms with Crippen LogP contribution in [0.2, 0.25) is 0 Å². The maximum atomic E-state index is 5.99. The minimum atomic E-state index is -0.0194. The molecule has 1 atom stereocenters. The van der Waals surface area contributed by atoms with Crippen LogP contribution in [0.3, 0.4) is 0 Å². The lowest BCUT2D eigenvalue weighted by Gasteiger charge is -2.15. The third-order valence-electron chi connectivity index (χ3n) is 3.47. The third-order valence-corrected chi connectivity index (χ3v) is 3.47. The van der Waals surface area contributed by atoms with E-state index in [1.807, 2.05) is 45.0 Å². The average molecular weight is 283 g/mol. The van der Waals surface area contributed by atoms with Crippen molar-refractivity contribution in [2.24, 2.45) is 0 Å². The second-order valence-corrected chi connectivity index (χ2v) is 5.05. The monoisotopic (exact) mass is 283 g/mol. The summed E-state index contributed by atoms with van der Waals surface area (Å²) in [6.07, 6.45) is 0. The molecule has 0 aliphatic rings. The van der Waals surface area contributed by atoms with Crippen LogP contribution in [0.25, 0.3) is 11.0 Å². The van der Waals surface area contributed by atoms with E-state index in [-0.39, 0.29) is 6.04 Å². The molecule has 108 valence electrons. The van der Waals surface area contributed by atoms with E-state index in [2.05, 4.69) is 20.4 Å². The summed E-state index contributed by atoms with van der Waals surface area (Å²) in [5.74, 6) is 1.74. The van der Waals surface area contributed by atoms with Crippen LogP contribution in [0.5, 0.6) is 0 Å². The first-order chi connectivity index (χ1) is 10.1. The molecule has 1 unspecified atom stereocenters. The number of nitrogen functional groups attached to an aromatic ring is 1. The first kappa shape index (κ1) is 13.4. The van der Waals surface area contributed by atoms with Crippen molar-refractivity contribution in [2.75, 3.05) is 11.1 Å². The van der Waals surface area contributed by atoms with E-state index in [0.717, 1.165) is 28.1 Å². The van der Waals surface area contributed by atoms with E-state index in [0.29, 0.717) is 11.6 Å². The van der Waals surface area contributed by atoms with Gasteiger partial charge in [0.05, 0.1) is 22.8 Å². The van der Waals surface area contributed by atoms with Gasteiger partial charge in [0.15, 0.2) is 11.6 Å². The highest BCUT2D eigenvalue weighted by Crippen LogP contribution is 2.27. The number of nitrogens with zero attached hydrogens (tertiary/aromatic N) is 3. The molecule has 3 N–H and O–H groups in total. The van der Waals surface area contributed by atoms with Crippen molar-refractivity contribution in [3.8, 4) is 0 Å². The summed E-state index contributed by atoms with van der Waals surface area (Å²) in [4.78, 5) is 8.90. The summed E-state index contributed by atoms with van der Waals surface area (Å²) in [6.45, 7) is 5.82. The fourth-order valence-electron chi connectivity index (χ4n) is 2.51. The molecule has 2 aromatic heterocycles. The van der Waals surface area contributed by atoms with Crippen molar-refractivity contribution < 1.29 is 4.52 Å². The molecule has 0 radical (unpaired) electrons. The number of anilines is 2. The van der Waals surface area contributed by atoms with Gasteiger partial charge in [0.25, 0.3) is 0 Å². The zero-order chi connectivity index (χ0) is 15.0. The predicted molar refractivity (Wildman–Crippen MR) is 82.0 cm³/mol. The maximum Gasteiger partial charge on any atom is 0.170 e. The summed E-state index contributed by atoms with van der Waals surface area (Å²) in [5.41, 5.74) is 9.46. The van der Waals surface area contributed by atoms with Crippen molar-refractivity contribution in [1.29, 1.82) is 0 Å². The summed E-state index contributed by atoms with van der Waals surface area (Å²) in [7, 11) is 0. The first-order valence-electron chi connectivity index (χ1n) is 6.78. The third kappa shape index (κ3) is 2.40. The van der Waals surface area contributed by atoms with Gasteiger partial charge in [0.1, 0.15) is 5.76 Å². The molecule has 0 aliphatic carbocycles. The molecule has 3 aromatic rings. The molecule has 6 heteroatoms. The summed E-state index contributed by atoms with van der Waals surface area (Å²) >= 11 is 0. The molecule has 0 saturated carbocycles. The molecular formula is C15H17N5O. The summed E-state index contributed by atoms with van der Waals surface area (Å²) < 4.78 is 5.20. The van der Waals surface area contributed by atoms with Gasteiger partial charge in [-0.15, -0.1) is 0 Å². The SMILES string of the molecule is Cc1noc(C)c1C(C)Nc1nc2ccccc2nc1N. The smallest absolute Gasteiger partial charge is 0.170 e. The molecule has 1 aromatic carbocycles. The van der Waals surface area contributed by atoms with Crippen LogP contribution in [0, 0.1) is 13.8 Å². The topological polar surface area (TPSA) is 89.9 Å². The molecule has 3 rings (SSSR count). The average Bonchev–Trinajstić information content (AvgIpc) is 2.79. The van der Waals surface area contributed by atoms with Crippen LogP contribution in [-0.4, -0.2) is 15.1 Å². The summed E-state index contributed by atoms with van der Waals surface area (Å²) in [5, 5.41) is 7.26. The Bertz CT molecular complexity index is 776. The molecule has 0 spiro atoms. The quantitative estimate of drug-likeness (QED) is 0.768. The molecular weight excluding hydrogens is 266 g/mol. The maximum absolute atomic E-state index is 5.99. The Hall–Kier alpha value is -2.63. The Morgan fingerprint density at radius 3 is 2.43 bits per heavy atom. The molecule has 6 nitrogen and oxygen atoms in total. The number of rotatable bonds is 3. The number of hydrogen-bond acceptors (Lipinski definition) is 6. The number of hydrogen-bond donors (Lipinski definition) is 2. The molecule has 21 heavy (non-hydrogen) atoms. The van der Waals surface area contributed by atoms with E-state index in [9.17, 15) is 0 Å². The lowest BCUT2D eigenvalue weighted by Crippen LogP contribution is -2.12. The van der Waals surface area contributed by atoms with Crippen molar-refractivity contribution in [3.63, 3.8) is 0 Å². The van der Waals surface area contributed by atoms with Gasteiger partial charge in [-0.1, -0.05) is 17.3 Å². The van der Waals surface area contributed by atoms with Gasteiger partial charge in [-0.25, -0.2) is 9.97 Å². The first-order valence-corrected chi connectivity index (χ1v) is 6.78. The number of aryl methyl sites for hydroxylation is 2. The lowest BCUT2D eigenvalue weighted by atomic mass is 10.1. The number of fused-ring (bicyclic) bond motifs is 1. The van der Waals surface area contributed by atoms with Crippen molar-refractivity contribution in [2.45, 2.75) is 26.8 Å². The van der Waals surface area contributed by atoms with Gasteiger partial charge in [0, 0.05) is 5.56 Å².